The fraction of sp³-hybridized carbons (Fsp3) is 0.235. The zero-order valence-corrected chi connectivity index (χ0v) is 11.9. The summed E-state index contributed by atoms with van der Waals surface area (Å²) >= 11 is 0. The molecular weight excluding hydrogens is 286 g/mol. The Morgan fingerprint density at radius 3 is 2.23 bits per heavy atom. The highest BCUT2D eigenvalue weighted by Gasteiger charge is 2.29. The molecule has 2 aromatic rings. The number of likely N-dealkylation sites (tertiary alicyclic amines) is 1. The van der Waals surface area contributed by atoms with Crippen LogP contribution in [0.5, 0.6) is 0 Å². The summed E-state index contributed by atoms with van der Waals surface area (Å²) in [5.74, 6) is -0.632. The topological polar surface area (TPSA) is 32.3 Å². The Bertz CT molecular complexity index is 655. The first-order chi connectivity index (χ1) is 10.6. The molecule has 0 radical (unpaired) electrons. The van der Waals surface area contributed by atoms with E-state index in [-0.39, 0.29) is 23.7 Å². The van der Waals surface area contributed by atoms with Gasteiger partial charge in [0, 0.05) is 12.2 Å². The fourth-order valence-electron chi connectivity index (χ4n) is 2.77. The molecule has 0 spiro atoms. The quantitative estimate of drug-likeness (QED) is 0.879. The first-order valence-corrected chi connectivity index (χ1v) is 7.22. The van der Waals surface area contributed by atoms with Crippen molar-refractivity contribution in [3.63, 3.8) is 0 Å². The second kappa shape index (κ2) is 6.13. The standard InChI is InChI=1S/C17H16F2N2O/c18-13-5-3-12(4-6-13)16-2-1-11-21(16)17(22)20-15-9-7-14(19)8-10-15/h3-10,16H,1-2,11H2,(H,20,22). The number of halogens is 2. The van der Waals surface area contributed by atoms with Gasteiger partial charge < -0.3 is 10.2 Å². The lowest BCUT2D eigenvalue weighted by Crippen LogP contribution is -2.34. The van der Waals surface area contributed by atoms with E-state index in [1.165, 1.54) is 36.4 Å². The van der Waals surface area contributed by atoms with E-state index >= 15 is 0 Å². The van der Waals surface area contributed by atoms with Crippen molar-refractivity contribution >= 4 is 11.7 Å². The molecule has 1 heterocycles. The highest BCUT2D eigenvalue weighted by molar-refractivity contribution is 5.89. The molecule has 0 bridgehead atoms. The summed E-state index contributed by atoms with van der Waals surface area (Å²) in [6, 6.07) is 11.6. The largest absolute Gasteiger partial charge is 0.322 e. The molecule has 0 aliphatic carbocycles. The summed E-state index contributed by atoms with van der Waals surface area (Å²) < 4.78 is 25.9. The maximum absolute atomic E-state index is 13.0. The molecule has 0 saturated carbocycles. The molecular formula is C17H16F2N2O. The predicted molar refractivity (Wildman–Crippen MR) is 80.5 cm³/mol. The number of carbonyl (C=O) groups excluding carboxylic acids is 1. The fourth-order valence-corrected chi connectivity index (χ4v) is 2.77. The van der Waals surface area contributed by atoms with Crippen molar-refractivity contribution in [2.45, 2.75) is 18.9 Å². The monoisotopic (exact) mass is 302 g/mol. The van der Waals surface area contributed by atoms with E-state index in [1.807, 2.05) is 0 Å². The first kappa shape index (κ1) is 14.5. The summed E-state index contributed by atoms with van der Waals surface area (Å²) in [7, 11) is 0. The number of amides is 2. The molecule has 1 atom stereocenters. The van der Waals surface area contributed by atoms with Crippen LogP contribution >= 0.6 is 0 Å². The van der Waals surface area contributed by atoms with Gasteiger partial charge in [0.1, 0.15) is 11.6 Å². The normalized spacial score (nSPS) is 17.5. The SMILES string of the molecule is O=C(Nc1ccc(F)cc1)N1CCCC1c1ccc(F)cc1. The molecule has 1 saturated heterocycles. The maximum Gasteiger partial charge on any atom is 0.322 e. The van der Waals surface area contributed by atoms with E-state index in [2.05, 4.69) is 5.32 Å². The van der Waals surface area contributed by atoms with Crippen molar-refractivity contribution in [2.24, 2.45) is 0 Å². The van der Waals surface area contributed by atoms with Gasteiger partial charge in [0.05, 0.1) is 6.04 Å². The van der Waals surface area contributed by atoms with Crippen LogP contribution in [0.2, 0.25) is 0 Å². The summed E-state index contributed by atoms with van der Waals surface area (Å²) in [5, 5.41) is 2.77. The summed E-state index contributed by atoms with van der Waals surface area (Å²) in [6.45, 7) is 0.648. The number of hydrogen-bond acceptors (Lipinski definition) is 1. The van der Waals surface area contributed by atoms with Crippen molar-refractivity contribution in [3.8, 4) is 0 Å². The first-order valence-electron chi connectivity index (χ1n) is 7.22. The molecule has 1 unspecified atom stereocenters. The van der Waals surface area contributed by atoms with Gasteiger partial charge in [-0.2, -0.15) is 0 Å². The van der Waals surface area contributed by atoms with Gasteiger partial charge in [-0.3, -0.25) is 0 Å². The van der Waals surface area contributed by atoms with Gasteiger partial charge in [0.15, 0.2) is 0 Å². The molecule has 1 aliphatic rings. The number of hydrogen-bond donors (Lipinski definition) is 1. The van der Waals surface area contributed by atoms with Crippen LogP contribution in [-0.2, 0) is 0 Å². The zero-order chi connectivity index (χ0) is 15.5. The highest BCUT2D eigenvalue weighted by Crippen LogP contribution is 2.32. The van der Waals surface area contributed by atoms with Gasteiger partial charge >= 0.3 is 6.03 Å². The van der Waals surface area contributed by atoms with E-state index in [4.69, 9.17) is 0 Å². The van der Waals surface area contributed by atoms with E-state index in [0.29, 0.717) is 12.2 Å². The molecule has 114 valence electrons. The lowest BCUT2D eigenvalue weighted by molar-refractivity contribution is 0.207. The number of rotatable bonds is 2. The molecule has 22 heavy (non-hydrogen) atoms. The summed E-state index contributed by atoms with van der Waals surface area (Å²) in [5.41, 5.74) is 1.48. The van der Waals surface area contributed by atoms with Crippen LogP contribution in [0.25, 0.3) is 0 Å². The van der Waals surface area contributed by atoms with Crippen LogP contribution in [0.1, 0.15) is 24.4 Å². The zero-order valence-electron chi connectivity index (χ0n) is 11.9. The number of benzene rings is 2. The minimum atomic E-state index is -0.344. The van der Waals surface area contributed by atoms with Crippen molar-refractivity contribution < 1.29 is 13.6 Å². The average Bonchev–Trinajstić information content (AvgIpc) is 3.00. The van der Waals surface area contributed by atoms with Gasteiger partial charge in [-0.15, -0.1) is 0 Å². The molecule has 2 amide bonds. The minimum Gasteiger partial charge on any atom is -0.317 e. The smallest absolute Gasteiger partial charge is 0.317 e. The molecule has 2 aromatic carbocycles. The van der Waals surface area contributed by atoms with Crippen molar-refractivity contribution in [1.29, 1.82) is 0 Å². The van der Waals surface area contributed by atoms with Crippen molar-refractivity contribution in [1.82, 2.24) is 4.90 Å². The van der Waals surface area contributed by atoms with Crippen LogP contribution in [-0.4, -0.2) is 17.5 Å². The van der Waals surface area contributed by atoms with Crippen molar-refractivity contribution in [2.75, 3.05) is 11.9 Å². The number of nitrogens with one attached hydrogen (secondary N) is 1. The Morgan fingerprint density at radius 2 is 1.59 bits per heavy atom. The molecule has 5 heteroatoms. The summed E-state index contributed by atoms with van der Waals surface area (Å²) in [6.07, 6.45) is 1.75. The second-order valence-electron chi connectivity index (χ2n) is 5.34. The Labute approximate surface area is 127 Å². The number of nitrogens with zero attached hydrogens (tertiary/aromatic N) is 1. The van der Waals surface area contributed by atoms with E-state index in [9.17, 15) is 13.6 Å². The summed E-state index contributed by atoms with van der Waals surface area (Å²) in [4.78, 5) is 14.1. The van der Waals surface area contributed by atoms with Crippen LogP contribution in [0.15, 0.2) is 48.5 Å². The van der Waals surface area contributed by atoms with Crippen LogP contribution < -0.4 is 5.32 Å². The van der Waals surface area contributed by atoms with Crippen LogP contribution in [0, 0.1) is 11.6 Å². The highest BCUT2D eigenvalue weighted by atomic mass is 19.1. The Morgan fingerprint density at radius 1 is 1.00 bits per heavy atom. The van der Waals surface area contributed by atoms with Gasteiger partial charge in [-0.1, -0.05) is 12.1 Å². The van der Waals surface area contributed by atoms with E-state index < -0.39 is 0 Å². The minimum absolute atomic E-state index is 0.0546. The van der Waals surface area contributed by atoms with E-state index in [0.717, 1.165) is 18.4 Å². The van der Waals surface area contributed by atoms with E-state index in [1.54, 1.807) is 17.0 Å². The second-order valence-corrected chi connectivity index (χ2v) is 5.34. The van der Waals surface area contributed by atoms with Crippen molar-refractivity contribution in [3.05, 3.63) is 65.7 Å². The number of anilines is 1. The van der Waals surface area contributed by atoms with Gasteiger partial charge in [0.25, 0.3) is 0 Å². The number of carbonyl (C=O) groups is 1. The van der Waals surface area contributed by atoms with Gasteiger partial charge in [-0.25, -0.2) is 13.6 Å². The third-order valence-electron chi connectivity index (χ3n) is 3.86. The number of urea groups is 1. The third-order valence-corrected chi connectivity index (χ3v) is 3.86. The molecule has 1 aliphatic heterocycles. The van der Waals surface area contributed by atoms with Gasteiger partial charge in [-0.05, 0) is 54.8 Å². The third kappa shape index (κ3) is 3.08. The molecule has 1 N–H and O–H groups in total. The Kier molecular flexibility index (Phi) is 4.04. The van der Waals surface area contributed by atoms with Crippen LogP contribution in [0.4, 0.5) is 19.3 Å². The lowest BCUT2D eigenvalue weighted by Gasteiger charge is -2.25. The lowest BCUT2D eigenvalue weighted by atomic mass is 10.0. The molecule has 3 rings (SSSR count). The predicted octanol–water partition coefficient (Wildman–Crippen LogP) is 4.33. The Hall–Kier alpha value is -2.43. The molecule has 1 fully saturated rings. The average molecular weight is 302 g/mol. The maximum atomic E-state index is 13.0. The van der Waals surface area contributed by atoms with Gasteiger partial charge in [0.2, 0.25) is 0 Å². The Balaban J connectivity index is 1.73. The molecule has 0 aromatic heterocycles. The van der Waals surface area contributed by atoms with Crippen LogP contribution in [0.3, 0.4) is 0 Å². The molecule has 3 nitrogen and oxygen atoms in total.